The van der Waals surface area contributed by atoms with Crippen LogP contribution in [0.5, 0.6) is 0 Å². The number of rotatable bonds is 5. The van der Waals surface area contributed by atoms with Crippen molar-refractivity contribution in [2.75, 3.05) is 6.61 Å². The van der Waals surface area contributed by atoms with Gasteiger partial charge < -0.3 is 10.4 Å². The van der Waals surface area contributed by atoms with Gasteiger partial charge in [0.05, 0.1) is 11.5 Å². The van der Waals surface area contributed by atoms with E-state index in [-0.39, 0.29) is 22.8 Å². The molecule has 0 amide bonds. The lowest BCUT2D eigenvalue weighted by Gasteiger charge is -2.15. The standard InChI is InChI=1S/C12H16N2O3/c1-9-10(3-2-4-11(9)14(16)17)7-13-12(8-15)5-6-12/h2-4,13,15H,5-8H2,1H3. The number of nitrogens with one attached hydrogen (secondary N) is 1. The first-order valence-electron chi connectivity index (χ1n) is 5.67. The van der Waals surface area contributed by atoms with E-state index in [9.17, 15) is 15.2 Å². The van der Waals surface area contributed by atoms with E-state index in [1.54, 1.807) is 13.0 Å². The fourth-order valence-corrected chi connectivity index (χ4v) is 1.88. The molecule has 0 unspecified atom stereocenters. The molecule has 0 radical (unpaired) electrons. The summed E-state index contributed by atoms with van der Waals surface area (Å²) in [5.74, 6) is 0. The van der Waals surface area contributed by atoms with Gasteiger partial charge in [-0.1, -0.05) is 12.1 Å². The van der Waals surface area contributed by atoms with Crippen molar-refractivity contribution < 1.29 is 10.0 Å². The molecule has 92 valence electrons. The highest BCUT2D eigenvalue weighted by atomic mass is 16.6. The lowest BCUT2D eigenvalue weighted by atomic mass is 10.1. The molecular formula is C12H16N2O3. The Kier molecular flexibility index (Phi) is 3.13. The molecule has 2 rings (SSSR count). The van der Waals surface area contributed by atoms with Crippen LogP contribution >= 0.6 is 0 Å². The Balaban J connectivity index is 2.11. The van der Waals surface area contributed by atoms with Gasteiger partial charge in [0.25, 0.3) is 5.69 Å². The first-order valence-corrected chi connectivity index (χ1v) is 5.67. The van der Waals surface area contributed by atoms with Crippen LogP contribution in [0.3, 0.4) is 0 Å². The summed E-state index contributed by atoms with van der Waals surface area (Å²) in [5.41, 5.74) is 1.62. The van der Waals surface area contributed by atoms with Crippen molar-refractivity contribution in [1.82, 2.24) is 5.32 Å². The van der Waals surface area contributed by atoms with Crippen LogP contribution < -0.4 is 5.32 Å². The molecule has 1 fully saturated rings. The van der Waals surface area contributed by atoms with E-state index in [1.165, 1.54) is 6.07 Å². The molecule has 0 bridgehead atoms. The van der Waals surface area contributed by atoms with Gasteiger partial charge in [-0.15, -0.1) is 0 Å². The van der Waals surface area contributed by atoms with Gasteiger partial charge in [-0.25, -0.2) is 0 Å². The quantitative estimate of drug-likeness (QED) is 0.600. The van der Waals surface area contributed by atoms with Gasteiger partial charge in [0, 0.05) is 23.7 Å². The minimum atomic E-state index is -0.363. The Morgan fingerprint density at radius 3 is 2.76 bits per heavy atom. The van der Waals surface area contributed by atoms with Crippen molar-refractivity contribution >= 4 is 5.69 Å². The number of nitrogens with zero attached hydrogens (tertiary/aromatic N) is 1. The molecule has 0 aliphatic heterocycles. The summed E-state index contributed by atoms with van der Waals surface area (Å²) in [6.45, 7) is 2.45. The summed E-state index contributed by atoms with van der Waals surface area (Å²) in [5, 5.41) is 23.2. The molecular weight excluding hydrogens is 220 g/mol. The number of nitro groups is 1. The van der Waals surface area contributed by atoms with Crippen LogP contribution in [0, 0.1) is 17.0 Å². The summed E-state index contributed by atoms with van der Waals surface area (Å²) in [6, 6.07) is 5.08. The molecule has 0 spiro atoms. The van der Waals surface area contributed by atoms with Gasteiger partial charge in [-0.2, -0.15) is 0 Å². The van der Waals surface area contributed by atoms with Crippen LogP contribution in [0.1, 0.15) is 24.0 Å². The van der Waals surface area contributed by atoms with Crippen LogP contribution in [-0.2, 0) is 6.54 Å². The highest BCUT2D eigenvalue weighted by Gasteiger charge is 2.41. The fourth-order valence-electron chi connectivity index (χ4n) is 1.88. The molecule has 2 N–H and O–H groups in total. The Hall–Kier alpha value is -1.46. The van der Waals surface area contributed by atoms with E-state index in [0.29, 0.717) is 12.1 Å². The zero-order chi connectivity index (χ0) is 12.5. The molecule has 0 atom stereocenters. The normalized spacial score (nSPS) is 16.8. The van der Waals surface area contributed by atoms with Gasteiger partial charge in [0.2, 0.25) is 0 Å². The smallest absolute Gasteiger partial charge is 0.272 e. The number of hydrogen-bond acceptors (Lipinski definition) is 4. The van der Waals surface area contributed by atoms with Crippen LogP contribution in [0.15, 0.2) is 18.2 Å². The van der Waals surface area contributed by atoms with Crippen molar-refractivity contribution in [3.63, 3.8) is 0 Å². The molecule has 17 heavy (non-hydrogen) atoms. The average molecular weight is 236 g/mol. The Labute approximate surface area is 99.6 Å². The maximum Gasteiger partial charge on any atom is 0.272 e. The Morgan fingerprint density at radius 1 is 1.53 bits per heavy atom. The molecule has 5 nitrogen and oxygen atoms in total. The molecule has 0 aromatic heterocycles. The minimum absolute atomic E-state index is 0.126. The number of benzene rings is 1. The van der Waals surface area contributed by atoms with Gasteiger partial charge in [0.15, 0.2) is 0 Å². The van der Waals surface area contributed by atoms with Crippen LogP contribution in [0.25, 0.3) is 0 Å². The minimum Gasteiger partial charge on any atom is -0.394 e. The molecule has 1 aromatic carbocycles. The SMILES string of the molecule is Cc1c(CNC2(CO)CC2)cccc1[N+](=O)[O-]. The van der Waals surface area contributed by atoms with Crippen LogP contribution in [-0.4, -0.2) is 22.2 Å². The van der Waals surface area contributed by atoms with Gasteiger partial charge in [-0.05, 0) is 25.3 Å². The maximum absolute atomic E-state index is 10.8. The van der Waals surface area contributed by atoms with Gasteiger partial charge in [-0.3, -0.25) is 10.1 Å². The molecule has 0 saturated heterocycles. The average Bonchev–Trinajstić information content (AvgIpc) is 3.08. The molecule has 5 heteroatoms. The van der Waals surface area contributed by atoms with Crippen molar-refractivity contribution in [3.8, 4) is 0 Å². The second-order valence-electron chi connectivity index (χ2n) is 4.61. The zero-order valence-electron chi connectivity index (χ0n) is 9.77. The van der Waals surface area contributed by atoms with Crippen molar-refractivity contribution in [1.29, 1.82) is 0 Å². The Morgan fingerprint density at radius 2 is 2.24 bits per heavy atom. The van der Waals surface area contributed by atoms with E-state index in [0.717, 1.165) is 18.4 Å². The number of hydrogen-bond donors (Lipinski definition) is 2. The summed E-state index contributed by atoms with van der Waals surface area (Å²) in [6.07, 6.45) is 1.94. The third-order valence-corrected chi connectivity index (χ3v) is 3.42. The molecule has 1 aliphatic carbocycles. The molecule has 0 heterocycles. The van der Waals surface area contributed by atoms with Crippen molar-refractivity contribution in [3.05, 3.63) is 39.4 Å². The van der Waals surface area contributed by atoms with E-state index >= 15 is 0 Å². The topological polar surface area (TPSA) is 75.4 Å². The van der Waals surface area contributed by atoms with Crippen molar-refractivity contribution in [2.24, 2.45) is 0 Å². The van der Waals surface area contributed by atoms with Crippen molar-refractivity contribution in [2.45, 2.75) is 31.8 Å². The predicted octanol–water partition coefficient (Wildman–Crippen LogP) is 1.52. The molecule has 1 saturated carbocycles. The van der Waals surface area contributed by atoms with Crippen LogP contribution in [0.2, 0.25) is 0 Å². The maximum atomic E-state index is 10.8. The number of nitro benzene ring substituents is 1. The fraction of sp³-hybridized carbons (Fsp3) is 0.500. The lowest BCUT2D eigenvalue weighted by molar-refractivity contribution is -0.385. The second-order valence-corrected chi connectivity index (χ2v) is 4.61. The van der Waals surface area contributed by atoms with E-state index in [4.69, 9.17) is 0 Å². The highest BCUT2D eigenvalue weighted by molar-refractivity contribution is 5.44. The third kappa shape index (κ3) is 2.45. The molecule has 1 aliphatic rings. The van der Waals surface area contributed by atoms with Gasteiger partial charge in [0.1, 0.15) is 0 Å². The zero-order valence-corrected chi connectivity index (χ0v) is 9.77. The summed E-state index contributed by atoms with van der Waals surface area (Å²) < 4.78 is 0. The lowest BCUT2D eigenvalue weighted by Crippen LogP contribution is -2.34. The summed E-state index contributed by atoms with van der Waals surface area (Å²) in [4.78, 5) is 10.4. The number of aliphatic hydroxyl groups excluding tert-OH is 1. The first-order chi connectivity index (χ1) is 8.08. The largest absolute Gasteiger partial charge is 0.394 e. The van der Waals surface area contributed by atoms with Gasteiger partial charge >= 0.3 is 0 Å². The predicted molar refractivity (Wildman–Crippen MR) is 63.7 cm³/mol. The van der Waals surface area contributed by atoms with E-state index in [1.807, 2.05) is 6.07 Å². The molecule has 1 aromatic rings. The second kappa shape index (κ2) is 4.43. The summed E-state index contributed by atoms with van der Waals surface area (Å²) >= 11 is 0. The van der Waals surface area contributed by atoms with E-state index in [2.05, 4.69) is 5.32 Å². The highest BCUT2D eigenvalue weighted by Crippen LogP contribution is 2.35. The van der Waals surface area contributed by atoms with E-state index < -0.39 is 0 Å². The number of aliphatic hydroxyl groups is 1. The third-order valence-electron chi connectivity index (χ3n) is 3.42. The Bertz CT molecular complexity index is 441. The van der Waals surface area contributed by atoms with Crippen LogP contribution in [0.4, 0.5) is 5.69 Å². The first kappa shape index (κ1) is 12.0. The summed E-state index contributed by atoms with van der Waals surface area (Å²) in [7, 11) is 0. The monoisotopic (exact) mass is 236 g/mol.